The summed E-state index contributed by atoms with van der Waals surface area (Å²) in [6, 6.07) is -2.67. The van der Waals surface area contributed by atoms with Crippen molar-refractivity contribution in [2.75, 3.05) is 19.8 Å². The highest BCUT2D eigenvalue weighted by Crippen LogP contribution is 2.05. The lowest BCUT2D eigenvalue weighted by atomic mass is 10.1. The van der Waals surface area contributed by atoms with Gasteiger partial charge in [-0.25, -0.2) is 4.79 Å². The van der Waals surface area contributed by atoms with Crippen molar-refractivity contribution in [3.8, 4) is 0 Å². The van der Waals surface area contributed by atoms with E-state index in [4.69, 9.17) is 15.6 Å². The second-order valence-corrected chi connectivity index (χ2v) is 6.66. The standard InChI is InChI=1S/C16H25N5O13/c1-9(22)14(24)18-6-2-3-12(19-13(23)5-4-11(17)15(25)26)16(27)32-7-10(34-21(30)31)8-33-20(28)29/h10-12H,2-8,17H2,1H3,(H,18,24)(H,19,23)(H,25,26)/t10-,11+,12+/m1/s1. The fraction of sp³-hybridized carbons (Fsp3) is 0.688. The summed E-state index contributed by atoms with van der Waals surface area (Å²) in [7, 11) is 0. The minimum atomic E-state index is -1.65. The first kappa shape index (κ1) is 29.9. The second-order valence-electron chi connectivity index (χ2n) is 6.66. The van der Waals surface area contributed by atoms with Crippen LogP contribution in [-0.4, -0.2) is 82.8 Å². The fourth-order valence-corrected chi connectivity index (χ4v) is 2.21. The van der Waals surface area contributed by atoms with E-state index in [-0.39, 0.29) is 32.2 Å². The molecule has 3 atom stereocenters. The number of nitrogens with two attached hydrogens (primary N) is 1. The third-order valence-corrected chi connectivity index (χ3v) is 3.91. The zero-order valence-corrected chi connectivity index (χ0v) is 18.0. The van der Waals surface area contributed by atoms with Crippen molar-refractivity contribution < 1.29 is 53.7 Å². The number of ketones is 1. The Bertz CT molecular complexity index is 774. The van der Waals surface area contributed by atoms with E-state index in [1.165, 1.54) is 0 Å². The first-order chi connectivity index (χ1) is 15.8. The number of amides is 2. The smallest absolute Gasteiger partial charge is 0.328 e. The van der Waals surface area contributed by atoms with Gasteiger partial charge in [0.1, 0.15) is 25.3 Å². The highest BCUT2D eigenvalue weighted by molar-refractivity contribution is 6.35. The van der Waals surface area contributed by atoms with Gasteiger partial charge in [-0.05, 0) is 19.3 Å². The van der Waals surface area contributed by atoms with E-state index in [1.807, 2.05) is 0 Å². The Morgan fingerprint density at radius 2 is 1.71 bits per heavy atom. The second kappa shape index (κ2) is 15.7. The van der Waals surface area contributed by atoms with Crippen LogP contribution in [0.2, 0.25) is 0 Å². The number of ether oxygens (including phenoxy) is 1. The zero-order valence-electron chi connectivity index (χ0n) is 18.0. The van der Waals surface area contributed by atoms with Gasteiger partial charge in [-0.3, -0.25) is 19.2 Å². The predicted molar refractivity (Wildman–Crippen MR) is 105 cm³/mol. The number of Topliss-reactive ketones (excluding diaryl/α,β-unsaturated/α-hetero) is 1. The molecule has 0 rings (SSSR count). The van der Waals surface area contributed by atoms with Crippen molar-refractivity contribution in [2.45, 2.75) is 50.8 Å². The van der Waals surface area contributed by atoms with Crippen molar-refractivity contribution in [3.05, 3.63) is 20.2 Å². The van der Waals surface area contributed by atoms with Gasteiger partial charge in [0.25, 0.3) is 16.1 Å². The Labute approximate surface area is 191 Å². The molecule has 5 N–H and O–H groups in total. The van der Waals surface area contributed by atoms with Crippen LogP contribution in [0.5, 0.6) is 0 Å². The first-order valence-electron chi connectivity index (χ1n) is 9.65. The highest BCUT2D eigenvalue weighted by atomic mass is 17.0. The maximum absolute atomic E-state index is 12.4. The number of aliphatic carboxylic acids is 1. The quantitative estimate of drug-likeness (QED) is 0.0502. The van der Waals surface area contributed by atoms with E-state index in [2.05, 4.69) is 20.3 Å². The van der Waals surface area contributed by atoms with Gasteiger partial charge >= 0.3 is 11.9 Å². The number of carboxylic acid groups (broad SMARTS) is 1. The number of hydrogen-bond donors (Lipinski definition) is 4. The number of carboxylic acids is 1. The number of esters is 1. The fourth-order valence-electron chi connectivity index (χ4n) is 2.21. The van der Waals surface area contributed by atoms with Crippen LogP contribution >= 0.6 is 0 Å². The number of carbonyl (C=O) groups excluding carboxylic acids is 4. The molecule has 192 valence electrons. The number of carbonyl (C=O) groups is 5. The molecular weight excluding hydrogens is 470 g/mol. The summed E-state index contributed by atoms with van der Waals surface area (Å²) in [6.07, 6.45) is -2.30. The Hall–Kier alpha value is -4.09. The number of rotatable bonds is 18. The Morgan fingerprint density at radius 3 is 2.24 bits per heavy atom. The van der Waals surface area contributed by atoms with E-state index in [0.717, 1.165) is 6.92 Å². The number of nitrogens with zero attached hydrogens (tertiary/aromatic N) is 2. The van der Waals surface area contributed by atoms with Gasteiger partial charge in [0.2, 0.25) is 11.7 Å². The summed E-state index contributed by atoms with van der Waals surface area (Å²) < 4.78 is 4.83. The predicted octanol–water partition coefficient (Wildman–Crippen LogP) is -2.52. The van der Waals surface area contributed by atoms with Crippen molar-refractivity contribution in [2.24, 2.45) is 5.73 Å². The van der Waals surface area contributed by atoms with Gasteiger partial charge < -0.3 is 35.9 Å². The normalized spacial score (nSPS) is 12.9. The van der Waals surface area contributed by atoms with E-state index in [0.29, 0.717) is 0 Å². The Morgan fingerprint density at radius 1 is 1.06 bits per heavy atom. The third-order valence-electron chi connectivity index (χ3n) is 3.91. The largest absolute Gasteiger partial charge is 0.480 e. The van der Waals surface area contributed by atoms with E-state index in [9.17, 15) is 44.2 Å². The number of nitrogens with one attached hydrogen (secondary N) is 2. The molecule has 0 unspecified atom stereocenters. The molecule has 0 aromatic rings. The lowest BCUT2D eigenvalue weighted by molar-refractivity contribution is -0.790. The zero-order chi connectivity index (χ0) is 26.3. The molecule has 0 saturated heterocycles. The van der Waals surface area contributed by atoms with Crippen LogP contribution in [0.15, 0.2) is 0 Å². The van der Waals surface area contributed by atoms with Gasteiger partial charge in [0.05, 0.1) is 0 Å². The van der Waals surface area contributed by atoms with Crippen LogP contribution in [0.1, 0.15) is 32.6 Å². The molecule has 2 amide bonds. The summed E-state index contributed by atoms with van der Waals surface area (Å²) in [5, 5.41) is 31.5. The molecule has 0 fully saturated rings. The lowest BCUT2D eigenvalue weighted by Crippen LogP contribution is -2.44. The molecule has 0 aromatic heterocycles. The molecule has 0 aliphatic carbocycles. The maximum atomic E-state index is 12.4. The monoisotopic (exact) mass is 495 g/mol. The molecule has 0 spiro atoms. The van der Waals surface area contributed by atoms with Crippen LogP contribution in [0.3, 0.4) is 0 Å². The lowest BCUT2D eigenvalue weighted by Gasteiger charge is -2.20. The van der Waals surface area contributed by atoms with Gasteiger partial charge in [-0.2, -0.15) is 0 Å². The first-order valence-corrected chi connectivity index (χ1v) is 9.65. The summed E-state index contributed by atoms with van der Waals surface area (Å²) in [5.74, 6) is -4.81. The summed E-state index contributed by atoms with van der Waals surface area (Å²) in [4.78, 5) is 86.2. The molecule has 18 nitrogen and oxygen atoms in total. The molecule has 34 heavy (non-hydrogen) atoms. The Balaban J connectivity index is 5.04. The molecule has 0 bridgehead atoms. The molecule has 0 heterocycles. The summed E-state index contributed by atoms with van der Waals surface area (Å²) in [5.41, 5.74) is 5.31. The van der Waals surface area contributed by atoms with Crippen LogP contribution in [0, 0.1) is 20.2 Å². The van der Waals surface area contributed by atoms with Gasteiger partial charge in [0.15, 0.2) is 6.10 Å². The van der Waals surface area contributed by atoms with E-state index < -0.39 is 71.1 Å². The van der Waals surface area contributed by atoms with Crippen molar-refractivity contribution >= 4 is 29.5 Å². The van der Waals surface area contributed by atoms with Crippen molar-refractivity contribution in [1.82, 2.24) is 10.6 Å². The summed E-state index contributed by atoms with van der Waals surface area (Å²) in [6.45, 7) is -0.775. The minimum Gasteiger partial charge on any atom is -0.480 e. The van der Waals surface area contributed by atoms with Crippen molar-refractivity contribution in [1.29, 1.82) is 0 Å². The summed E-state index contributed by atoms with van der Waals surface area (Å²) >= 11 is 0. The van der Waals surface area contributed by atoms with Crippen molar-refractivity contribution in [3.63, 3.8) is 0 Å². The van der Waals surface area contributed by atoms with Crippen LogP contribution < -0.4 is 16.4 Å². The number of hydrogen-bond acceptors (Lipinski definition) is 13. The molecule has 18 heteroatoms. The van der Waals surface area contributed by atoms with Crippen LogP contribution in [0.4, 0.5) is 0 Å². The topological polar surface area (TPSA) is 270 Å². The Kier molecular flexibility index (Phi) is 13.8. The molecule has 0 aliphatic rings. The molecule has 0 aliphatic heterocycles. The van der Waals surface area contributed by atoms with Gasteiger partial charge in [-0.1, -0.05) is 0 Å². The molecule has 0 saturated carbocycles. The van der Waals surface area contributed by atoms with Crippen LogP contribution in [0.25, 0.3) is 0 Å². The average Bonchev–Trinajstić information content (AvgIpc) is 2.74. The maximum Gasteiger partial charge on any atom is 0.328 e. The molecule has 0 aromatic carbocycles. The van der Waals surface area contributed by atoms with Gasteiger partial charge in [-0.15, -0.1) is 20.2 Å². The van der Waals surface area contributed by atoms with Gasteiger partial charge in [0, 0.05) is 19.9 Å². The molecule has 0 radical (unpaired) electrons. The minimum absolute atomic E-state index is 0.0499. The highest BCUT2D eigenvalue weighted by Gasteiger charge is 2.25. The van der Waals surface area contributed by atoms with E-state index >= 15 is 0 Å². The van der Waals surface area contributed by atoms with Crippen LogP contribution in [-0.2, 0) is 38.4 Å². The average molecular weight is 495 g/mol. The SMILES string of the molecule is CC(=O)C(=O)NCCC[C@H](NC(=O)CC[C@H](N)C(=O)O)C(=O)OC[C@H](CO[N+](=O)[O-])O[N+](=O)[O-]. The third kappa shape index (κ3) is 14.1. The van der Waals surface area contributed by atoms with E-state index in [1.54, 1.807) is 0 Å². The molecular formula is C16H25N5O13.